The third kappa shape index (κ3) is 10.6. The van der Waals surface area contributed by atoms with Crippen molar-refractivity contribution in [3.63, 3.8) is 0 Å². The zero-order valence-electron chi connectivity index (χ0n) is 15.6. The van der Waals surface area contributed by atoms with Gasteiger partial charge in [-0.25, -0.2) is 0 Å². The van der Waals surface area contributed by atoms with Gasteiger partial charge < -0.3 is 24.8 Å². The van der Waals surface area contributed by atoms with Crippen molar-refractivity contribution in [3.05, 3.63) is 0 Å². The fraction of sp³-hybridized carbons (Fsp3) is 0.944. The fourth-order valence-corrected chi connectivity index (χ4v) is 3.08. The maximum absolute atomic E-state index is 5.87. The molecule has 1 aliphatic carbocycles. The van der Waals surface area contributed by atoms with E-state index in [0.717, 1.165) is 71.3 Å². The van der Waals surface area contributed by atoms with Crippen molar-refractivity contribution >= 4 is 29.9 Å². The second-order valence-corrected chi connectivity index (χ2v) is 6.53. The minimum Gasteiger partial charge on any atom is -0.379 e. The molecule has 1 aliphatic heterocycles. The molecule has 6 nitrogen and oxygen atoms in total. The summed E-state index contributed by atoms with van der Waals surface area (Å²) in [6, 6.07) is 0. The molecule has 2 N–H and O–H groups in total. The second-order valence-electron chi connectivity index (χ2n) is 6.53. The van der Waals surface area contributed by atoms with Gasteiger partial charge in [0.25, 0.3) is 0 Å². The van der Waals surface area contributed by atoms with Crippen LogP contribution in [0.25, 0.3) is 0 Å². The summed E-state index contributed by atoms with van der Waals surface area (Å²) < 4.78 is 16.9. The van der Waals surface area contributed by atoms with E-state index in [-0.39, 0.29) is 24.0 Å². The summed E-state index contributed by atoms with van der Waals surface area (Å²) in [6.45, 7) is 7.82. The Morgan fingerprint density at radius 3 is 2.52 bits per heavy atom. The Balaban J connectivity index is 0.00000312. The van der Waals surface area contributed by atoms with Gasteiger partial charge in [-0.2, -0.15) is 0 Å². The van der Waals surface area contributed by atoms with Crippen LogP contribution in [0.4, 0.5) is 0 Å². The lowest BCUT2D eigenvalue weighted by Crippen LogP contribution is -2.38. The molecule has 1 heterocycles. The van der Waals surface area contributed by atoms with Crippen molar-refractivity contribution in [1.29, 1.82) is 0 Å². The summed E-state index contributed by atoms with van der Waals surface area (Å²) in [7, 11) is 0. The third-order valence-corrected chi connectivity index (χ3v) is 4.43. The van der Waals surface area contributed by atoms with E-state index in [0.29, 0.717) is 12.2 Å². The highest BCUT2D eigenvalue weighted by molar-refractivity contribution is 14.0. The van der Waals surface area contributed by atoms with Crippen LogP contribution in [0, 0.1) is 0 Å². The Morgan fingerprint density at radius 1 is 1.04 bits per heavy atom. The smallest absolute Gasteiger partial charge is 0.191 e. The summed E-state index contributed by atoms with van der Waals surface area (Å²) in [5.41, 5.74) is 0. The Hall–Kier alpha value is -0.120. The minimum absolute atomic E-state index is 0. The van der Waals surface area contributed by atoms with E-state index in [1.54, 1.807) is 0 Å². The summed E-state index contributed by atoms with van der Waals surface area (Å²) in [4.78, 5) is 4.61. The van der Waals surface area contributed by atoms with E-state index in [9.17, 15) is 0 Å². The lowest BCUT2D eigenvalue weighted by atomic mass is 10.3. The number of guanidine groups is 1. The highest BCUT2D eigenvalue weighted by Gasteiger charge is 2.15. The summed E-state index contributed by atoms with van der Waals surface area (Å²) >= 11 is 0. The Kier molecular flexibility index (Phi) is 13.7. The largest absolute Gasteiger partial charge is 0.379 e. The Morgan fingerprint density at radius 2 is 1.80 bits per heavy atom. The van der Waals surface area contributed by atoms with Crippen LogP contribution in [0.2, 0.25) is 0 Å². The van der Waals surface area contributed by atoms with Crippen LogP contribution in [0.1, 0.15) is 51.9 Å². The second kappa shape index (κ2) is 15.0. The number of rotatable bonds is 11. The van der Waals surface area contributed by atoms with Gasteiger partial charge in [0, 0.05) is 39.5 Å². The first-order chi connectivity index (χ1) is 11.9. The van der Waals surface area contributed by atoms with Crippen LogP contribution >= 0.6 is 24.0 Å². The number of ether oxygens (including phenoxy) is 3. The molecule has 2 aliphatic rings. The first-order valence-electron chi connectivity index (χ1n) is 9.71. The molecule has 1 unspecified atom stereocenters. The third-order valence-electron chi connectivity index (χ3n) is 4.43. The first-order valence-corrected chi connectivity index (χ1v) is 9.71. The van der Waals surface area contributed by atoms with Gasteiger partial charge in [0.2, 0.25) is 0 Å². The first kappa shape index (κ1) is 22.9. The Labute approximate surface area is 169 Å². The predicted octanol–water partition coefficient (Wildman–Crippen LogP) is 2.70. The van der Waals surface area contributed by atoms with Gasteiger partial charge in [0.1, 0.15) is 0 Å². The molecule has 0 amide bonds. The lowest BCUT2D eigenvalue weighted by Gasteiger charge is -2.13. The summed E-state index contributed by atoms with van der Waals surface area (Å²) in [6.07, 6.45) is 8.93. The molecule has 25 heavy (non-hydrogen) atoms. The Bertz CT molecular complexity index is 346. The lowest BCUT2D eigenvalue weighted by molar-refractivity contribution is 0.0420. The molecule has 0 spiro atoms. The highest BCUT2D eigenvalue weighted by Crippen LogP contribution is 2.20. The zero-order chi connectivity index (χ0) is 16.9. The van der Waals surface area contributed by atoms with Crippen LogP contribution in [-0.4, -0.2) is 64.2 Å². The molecule has 0 aromatic carbocycles. The van der Waals surface area contributed by atoms with Crippen LogP contribution < -0.4 is 10.6 Å². The van der Waals surface area contributed by atoms with E-state index in [1.807, 2.05) is 0 Å². The number of nitrogens with one attached hydrogen (secondary N) is 2. The van der Waals surface area contributed by atoms with E-state index in [4.69, 9.17) is 14.2 Å². The maximum Gasteiger partial charge on any atom is 0.191 e. The van der Waals surface area contributed by atoms with Gasteiger partial charge in [-0.15, -0.1) is 24.0 Å². The molecule has 2 fully saturated rings. The minimum atomic E-state index is 0. The molecule has 2 rings (SSSR count). The van der Waals surface area contributed by atoms with Crippen molar-refractivity contribution in [2.75, 3.05) is 46.1 Å². The van der Waals surface area contributed by atoms with Gasteiger partial charge in [0.15, 0.2) is 5.96 Å². The van der Waals surface area contributed by atoms with Crippen LogP contribution in [0.15, 0.2) is 4.99 Å². The summed E-state index contributed by atoms with van der Waals surface area (Å²) in [5, 5.41) is 6.65. The van der Waals surface area contributed by atoms with Gasteiger partial charge in [-0.1, -0.05) is 12.8 Å². The average Bonchev–Trinajstić information content (AvgIpc) is 3.27. The molecular formula is C18H36IN3O3. The SMILES string of the molecule is CCNC(=NCCCOC1CCCC1)NCCCOC1CCOC1.I. The molecule has 0 bridgehead atoms. The number of nitrogens with zero attached hydrogens (tertiary/aromatic N) is 1. The molecule has 7 heteroatoms. The zero-order valence-corrected chi connectivity index (χ0v) is 18.0. The van der Waals surface area contributed by atoms with E-state index >= 15 is 0 Å². The van der Waals surface area contributed by atoms with Crippen molar-refractivity contribution in [1.82, 2.24) is 10.6 Å². The van der Waals surface area contributed by atoms with Crippen molar-refractivity contribution in [3.8, 4) is 0 Å². The van der Waals surface area contributed by atoms with Gasteiger partial charge in [0.05, 0.1) is 18.8 Å². The van der Waals surface area contributed by atoms with Crippen molar-refractivity contribution in [2.24, 2.45) is 4.99 Å². The number of halogens is 1. The number of hydrogen-bond donors (Lipinski definition) is 2. The van der Waals surface area contributed by atoms with Crippen LogP contribution in [0.5, 0.6) is 0 Å². The average molecular weight is 469 g/mol. The maximum atomic E-state index is 5.87. The summed E-state index contributed by atoms with van der Waals surface area (Å²) in [5.74, 6) is 0.891. The fourth-order valence-electron chi connectivity index (χ4n) is 3.08. The molecular weight excluding hydrogens is 433 g/mol. The molecule has 148 valence electrons. The van der Waals surface area contributed by atoms with Crippen LogP contribution in [0.3, 0.4) is 0 Å². The monoisotopic (exact) mass is 469 g/mol. The standard InChI is InChI=1S/C18H35N3O3.HI/c1-2-19-18(20-10-5-12-23-16-7-3-4-8-16)21-11-6-13-24-17-9-14-22-15-17;/h16-17H,2-15H2,1H3,(H2,19,20,21);1H. The van der Waals surface area contributed by atoms with Crippen LogP contribution in [-0.2, 0) is 14.2 Å². The van der Waals surface area contributed by atoms with Gasteiger partial charge in [-0.05, 0) is 39.0 Å². The highest BCUT2D eigenvalue weighted by atomic mass is 127. The number of hydrogen-bond acceptors (Lipinski definition) is 4. The van der Waals surface area contributed by atoms with E-state index < -0.39 is 0 Å². The topological polar surface area (TPSA) is 64.1 Å². The molecule has 1 atom stereocenters. The van der Waals surface area contributed by atoms with E-state index in [2.05, 4.69) is 22.5 Å². The molecule has 0 aromatic rings. The quantitative estimate of drug-likeness (QED) is 0.211. The normalized spacial score (nSPS) is 21.3. The van der Waals surface area contributed by atoms with Gasteiger partial charge in [-0.3, -0.25) is 4.99 Å². The molecule has 1 saturated carbocycles. The van der Waals surface area contributed by atoms with Crippen molar-refractivity contribution in [2.45, 2.75) is 64.1 Å². The van der Waals surface area contributed by atoms with E-state index in [1.165, 1.54) is 25.7 Å². The molecule has 0 aromatic heterocycles. The molecule has 1 saturated heterocycles. The van der Waals surface area contributed by atoms with Crippen molar-refractivity contribution < 1.29 is 14.2 Å². The predicted molar refractivity (Wildman–Crippen MR) is 112 cm³/mol. The molecule has 0 radical (unpaired) electrons. The van der Waals surface area contributed by atoms with Gasteiger partial charge >= 0.3 is 0 Å². The number of aliphatic imine (C=N–C) groups is 1.